The summed E-state index contributed by atoms with van der Waals surface area (Å²) in [5.74, 6) is 0.622. The van der Waals surface area contributed by atoms with Crippen molar-refractivity contribution in [2.75, 3.05) is 31.8 Å². The number of methoxy groups -OCH3 is 1. The molecule has 0 aromatic carbocycles. The fraction of sp³-hybridized carbons (Fsp3) is 0.533. The number of halogens is 1. The molecule has 9 nitrogen and oxygen atoms in total. The summed E-state index contributed by atoms with van der Waals surface area (Å²) in [4.78, 5) is 22.0. The van der Waals surface area contributed by atoms with Crippen LogP contribution in [0.2, 0.25) is 5.28 Å². The molecular formula is C15H20ClN5O4. The van der Waals surface area contributed by atoms with E-state index in [0.717, 1.165) is 0 Å². The Morgan fingerprint density at radius 3 is 3.04 bits per heavy atom. The maximum Gasteiger partial charge on any atom is 0.355 e. The topological polar surface area (TPSA) is 112 Å². The molecule has 10 heteroatoms. The quantitative estimate of drug-likeness (QED) is 0.436. The van der Waals surface area contributed by atoms with Crippen LogP contribution in [-0.4, -0.2) is 55.0 Å². The normalized spacial score (nSPS) is 22.5. The van der Waals surface area contributed by atoms with Gasteiger partial charge < -0.3 is 30.2 Å². The van der Waals surface area contributed by atoms with Gasteiger partial charge >= 0.3 is 5.97 Å². The summed E-state index contributed by atoms with van der Waals surface area (Å²) in [6, 6.07) is 0.251. The van der Waals surface area contributed by atoms with Crippen LogP contribution >= 0.6 is 11.6 Å². The number of esters is 1. The average molecular weight is 370 g/mol. The summed E-state index contributed by atoms with van der Waals surface area (Å²) >= 11 is 6.10. The summed E-state index contributed by atoms with van der Waals surface area (Å²) in [6.45, 7) is 4.01. The summed E-state index contributed by atoms with van der Waals surface area (Å²) in [5, 5.41) is 3.05. The van der Waals surface area contributed by atoms with Crippen LogP contribution in [0.15, 0.2) is 11.9 Å². The van der Waals surface area contributed by atoms with Gasteiger partial charge in [-0.25, -0.2) is 9.78 Å². The van der Waals surface area contributed by atoms with Crippen LogP contribution < -0.4 is 20.7 Å². The predicted molar refractivity (Wildman–Crippen MR) is 90.2 cm³/mol. The van der Waals surface area contributed by atoms with E-state index in [4.69, 9.17) is 26.8 Å². The zero-order chi connectivity index (χ0) is 18.0. The second-order valence-corrected chi connectivity index (χ2v) is 6.16. The summed E-state index contributed by atoms with van der Waals surface area (Å²) in [6.07, 6.45) is 1.36. The Balaban J connectivity index is 1.84. The number of hydrogen-bond donors (Lipinski definition) is 2. The number of nitrogens with one attached hydrogen (secondary N) is 1. The molecule has 0 amide bonds. The van der Waals surface area contributed by atoms with Crippen LogP contribution in [-0.2, 0) is 20.8 Å². The van der Waals surface area contributed by atoms with Crippen LogP contribution in [0.3, 0.4) is 0 Å². The lowest BCUT2D eigenvalue weighted by Gasteiger charge is -2.44. The van der Waals surface area contributed by atoms with Crippen LogP contribution in [0.1, 0.15) is 12.6 Å². The number of carbonyl (C=O) groups is 1. The third-order valence-electron chi connectivity index (χ3n) is 4.04. The number of morpholine rings is 1. The van der Waals surface area contributed by atoms with Crippen LogP contribution in [0.25, 0.3) is 0 Å². The lowest BCUT2D eigenvalue weighted by atomic mass is 10.1. The minimum absolute atomic E-state index is 0.0423. The van der Waals surface area contributed by atoms with Crippen LogP contribution in [0.4, 0.5) is 5.82 Å². The molecule has 2 aliphatic rings. The number of ether oxygens (including phenoxy) is 3. The van der Waals surface area contributed by atoms with E-state index >= 15 is 0 Å². The van der Waals surface area contributed by atoms with Crippen molar-refractivity contribution in [2.45, 2.75) is 25.6 Å². The number of aromatic nitrogens is 2. The van der Waals surface area contributed by atoms with E-state index in [1.807, 2.05) is 0 Å². The number of fused-ring (bicyclic) bond motifs is 3. The highest BCUT2D eigenvalue weighted by Crippen LogP contribution is 2.37. The van der Waals surface area contributed by atoms with Crippen molar-refractivity contribution in [1.29, 1.82) is 0 Å². The van der Waals surface area contributed by atoms with Crippen molar-refractivity contribution < 1.29 is 19.0 Å². The second-order valence-electron chi connectivity index (χ2n) is 5.82. The van der Waals surface area contributed by atoms with E-state index in [2.05, 4.69) is 31.8 Å². The molecule has 1 saturated heterocycles. The summed E-state index contributed by atoms with van der Waals surface area (Å²) < 4.78 is 16.0. The van der Waals surface area contributed by atoms with Crippen LogP contribution in [0, 0.1) is 0 Å². The molecular weight excluding hydrogens is 350 g/mol. The Labute approximate surface area is 150 Å². The molecule has 0 saturated carbocycles. The molecule has 0 radical (unpaired) electrons. The Hall–Kier alpha value is -2.26. The Bertz CT molecular complexity index is 699. The molecule has 2 atom stereocenters. The van der Waals surface area contributed by atoms with Crippen LogP contribution in [0.5, 0.6) is 5.75 Å². The molecule has 0 unspecified atom stereocenters. The molecule has 1 aromatic rings. The molecule has 3 heterocycles. The van der Waals surface area contributed by atoms with Gasteiger partial charge in [-0.15, -0.1) is 0 Å². The molecule has 2 aliphatic heterocycles. The largest absolute Gasteiger partial charge is 0.486 e. The fourth-order valence-electron chi connectivity index (χ4n) is 2.92. The SMILES string of the molecule is COC(=O)/C(N)=C/NCc1nc(Cl)nc2c1OC[C@@H]1COC[C@@H](C)N21. The standard InChI is InChI=1S/C15H20ClN5O4/c1-8-5-24-6-9-7-25-12-11(4-18-3-10(17)14(22)23-2)19-15(16)20-13(12)21(8)9/h3,8-9,18H,4-7,17H2,1-2H3/b10-3-/t8-,9+/m1/s1. The number of hydrogen-bond acceptors (Lipinski definition) is 9. The van der Waals surface area contributed by atoms with Crippen molar-refractivity contribution in [3.05, 3.63) is 22.9 Å². The lowest BCUT2D eigenvalue weighted by Crippen LogP contribution is -2.56. The minimum Gasteiger partial charge on any atom is -0.486 e. The molecule has 3 N–H and O–H groups in total. The summed E-state index contributed by atoms with van der Waals surface area (Å²) in [5.41, 5.74) is 6.12. The van der Waals surface area contributed by atoms with E-state index < -0.39 is 5.97 Å². The third kappa shape index (κ3) is 3.57. The maximum atomic E-state index is 11.3. The van der Waals surface area contributed by atoms with Gasteiger partial charge in [-0.2, -0.15) is 4.98 Å². The molecule has 1 aromatic heterocycles. The molecule has 136 valence electrons. The molecule has 0 aliphatic carbocycles. The molecule has 25 heavy (non-hydrogen) atoms. The van der Waals surface area contributed by atoms with Gasteiger partial charge in [0, 0.05) is 6.20 Å². The van der Waals surface area contributed by atoms with Crippen molar-refractivity contribution in [3.63, 3.8) is 0 Å². The highest BCUT2D eigenvalue weighted by Gasteiger charge is 2.37. The van der Waals surface area contributed by atoms with E-state index in [9.17, 15) is 4.79 Å². The van der Waals surface area contributed by atoms with Crippen molar-refractivity contribution >= 4 is 23.4 Å². The van der Waals surface area contributed by atoms with E-state index in [1.165, 1.54) is 13.3 Å². The number of rotatable bonds is 4. The van der Waals surface area contributed by atoms with E-state index in [0.29, 0.717) is 37.1 Å². The molecule has 0 spiro atoms. The van der Waals surface area contributed by atoms with Gasteiger partial charge in [0.15, 0.2) is 11.6 Å². The number of nitrogens with two attached hydrogens (primary N) is 1. The van der Waals surface area contributed by atoms with Crippen molar-refractivity contribution in [3.8, 4) is 5.75 Å². The second kappa shape index (κ2) is 7.32. The molecule has 3 rings (SSSR count). The predicted octanol–water partition coefficient (Wildman–Crippen LogP) is 0.179. The minimum atomic E-state index is -0.614. The van der Waals surface area contributed by atoms with Gasteiger partial charge in [-0.3, -0.25) is 0 Å². The number of nitrogens with zero attached hydrogens (tertiary/aromatic N) is 3. The van der Waals surface area contributed by atoms with E-state index in [-0.39, 0.29) is 29.6 Å². The van der Waals surface area contributed by atoms with Gasteiger partial charge in [-0.05, 0) is 18.5 Å². The average Bonchev–Trinajstić information content (AvgIpc) is 2.60. The van der Waals surface area contributed by atoms with Crippen molar-refractivity contribution in [2.24, 2.45) is 5.73 Å². The van der Waals surface area contributed by atoms with E-state index in [1.54, 1.807) is 0 Å². The highest BCUT2D eigenvalue weighted by atomic mass is 35.5. The first-order valence-corrected chi connectivity index (χ1v) is 8.21. The summed E-state index contributed by atoms with van der Waals surface area (Å²) in [7, 11) is 1.26. The smallest absolute Gasteiger partial charge is 0.355 e. The lowest BCUT2D eigenvalue weighted by molar-refractivity contribution is -0.136. The zero-order valence-corrected chi connectivity index (χ0v) is 14.7. The Morgan fingerprint density at radius 1 is 1.48 bits per heavy atom. The third-order valence-corrected chi connectivity index (χ3v) is 4.21. The number of anilines is 1. The Kier molecular flexibility index (Phi) is 5.14. The van der Waals surface area contributed by atoms with Gasteiger partial charge in [0.25, 0.3) is 0 Å². The van der Waals surface area contributed by atoms with Gasteiger partial charge in [-0.1, -0.05) is 0 Å². The van der Waals surface area contributed by atoms with Gasteiger partial charge in [0.05, 0.1) is 39.0 Å². The number of carbonyl (C=O) groups excluding carboxylic acids is 1. The Morgan fingerprint density at radius 2 is 2.28 bits per heavy atom. The van der Waals surface area contributed by atoms with Gasteiger partial charge in [0.2, 0.25) is 5.28 Å². The first-order valence-electron chi connectivity index (χ1n) is 7.84. The van der Waals surface area contributed by atoms with Crippen molar-refractivity contribution in [1.82, 2.24) is 15.3 Å². The monoisotopic (exact) mass is 369 g/mol. The van der Waals surface area contributed by atoms with Gasteiger partial charge in [0.1, 0.15) is 18.0 Å². The first kappa shape index (κ1) is 17.6. The maximum absolute atomic E-state index is 11.3. The molecule has 0 bridgehead atoms. The molecule has 1 fully saturated rings. The first-order chi connectivity index (χ1) is 12.0. The highest BCUT2D eigenvalue weighted by molar-refractivity contribution is 6.28. The zero-order valence-electron chi connectivity index (χ0n) is 14.0. The fourth-order valence-corrected chi connectivity index (χ4v) is 3.10.